The highest BCUT2D eigenvalue weighted by Gasteiger charge is 2.24. The first-order chi connectivity index (χ1) is 15.0. The zero-order valence-corrected chi connectivity index (χ0v) is 19.3. The number of nitrogens with zero attached hydrogens (tertiary/aromatic N) is 4. The van der Waals surface area contributed by atoms with Crippen molar-refractivity contribution in [2.45, 2.75) is 66.2 Å². The second-order valence-electron chi connectivity index (χ2n) is 8.97. The highest BCUT2D eigenvalue weighted by molar-refractivity contribution is 5.76. The van der Waals surface area contributed by atoms with Crippen molar-refractivity contribution in [3.05, 3.63) is 51.8 Å². The van der Waals surface area contributed by atoms with Crippen LogP contribution in [0.1, 0.15) is 53.4 Å². The van der Waals surface area contributed by atoms with Gasteiger partial charge in [0.25, 0.3) is 0 Å². The van der Waals surface area contributed by atoms with Crippen LogP contribution in [0, 0.1) is 13.8 Å². The molecule has 6 heteroatoms. The van der Waals surface area contributed by atoms with Crippen molar-refractivity contribution in [3.63, 3.8) is 0 Å². The summed E-state index contributed by atoms with van der Waals surface area (Å²) in [4.78, 5) is 17.3. The molecule has 0 unspecified atom stereocenters. The third kappa shape index (κ3) is 5.18. The van der Waals surface area contributed by atoms with Gasteiger partial charge in [0, 0.05) is 69.8 Å². The Morgan fingerprint density at radius 1 is 1.13 bits per heavy atom. The lowest BCUT2D eigenvalue weighted by atomic mass is 10.1. The smallest absolute Gasteiger partial charge is 0.223 e. The molecule has 2 aromatic rings. The number of aryl methyl sites for hydroxylation is 4. The summed E-state index contributed by atoms with van der Waals surface area (Å²) in [6.07, 6.45) is 3.25. The van der Waals surface area contributed by atoms with Crippen molar-refractivity contribution in [1.82, 2.24) is 19.6 Å². The van der Waals surface area contributed by atoms with Crippen LogP contribution in [0.2, 0.25) is 0 Å². The molecule has 2 aliphatic rings. The lowest BCUT2D eigenvalue weighted by Crippen LogP contribution is -2.48. The maximum Gasteiger partial charge on any atom is 0.223 e. The van der Waals surface area contributed by atoms with Gasteiger partial charge in [-0.2, -0.15) is 5.10 Å². The fourth-order valence-corrected chi connectivity index (χ4v) is 4.67. The summed E-state index contributed by atoms with van der Waals surface area (Å²) in [7, 11) is 0. The molecule has 0 atom stereocenters. The van der Waals surface area contributed by atoms with Crippen molar-refractivity contribution in [3.8, 4) is 0 Å². The molecule has 3 heterocycles. The van der Waals surface area contributed by atoms with E-state index < -0.39 is 0 Å². The number of carbonyl (C=O) groups is 1. The number of piperazine rings is 1. The van der Waals surface area contributed by atoms with Crippen molar-refractivity contribution in [1.29, 1.82) is 0 Å². The van der Waals surface area contributed by atoms with Gasteiger partial charge in [0.1, 0.15) is 0 Å². The van der Waals surface area contributed by atoms with Gasteiger partial charge < -0.3 is 9.64 Å². The molecular formula is C25H36N4O2. The number of aromatic nitrogens is 2. The fourth-order valence-electron chi connectivity index (χ4n) is 4.67. The molecule has 4 rings (SSSR count). The average Bonchev–Trinajstić information content (AvgIpc) is 3.13. The van der Waals surface area contributed by atoms with Crippen LogP contribution in [0.5, 0.6) is 0 Å². The van der Waals surface area contributed by atoms with Crippen LogP contribution in [0.15, 0.2) is 18.2 Å². The minimum Gasteiger partial charge on any atom is -0.376 e. The molecule has 0 saturated carbocycles. The standard InChI is InChI=1S/C25H36N4O2/c1-4-10-29-24-9-15-31-18-22(24)23(26-29)7-8-25(30)28-13-11-27(12-14-28)17-21-6-5-19(2)20(3)16-21/h5-6,16H,4,7-15,17-18H2,1-3H3. The summed E-state index contributed by atoms with van der Waals surface area (Å²) in [5.74, 6) is 0.251. The molecule has 0 radical (unpaired) electrons. The molecule has 1 saturated heterocycles. The Balaban J connectivity index is 1.28. The van der Waals surface area contributed by atoms with Gasteiger partial charge in [-0.05, 0) is 37.0 Å². The van der Waals surface area contributed by atoms with E-state index in [1.54, 1.807) is 0 Å². The monoisotopic (exact) mass is 424 g/mol. The summed E-state index contributed by atoms with van der Waals surface area (Å²) in [6.45, 7) is 13.3. The Kier molecular flexibility index (Phi) is 7.08. The number of amides is 1. The molecule has 1 aromatic carbocycles. The molecule has 0 N–H and O–H groups in total. The topological polar surface area (TPSA) is 50.6 Å². The average molecular weight is 425 g/mol. The van der Waals surface area contributed by atoms with Gasteiger partial charge in [0.2, 0.25) is 5.91 Å². The van der Waals surface area contributed by atoms with Crippen molar-refractivity contribution in [2.75, 3.05) is 32.8 Å². The number of hydrogen-bond donors (Lipinski definition) is 0. The second-order valence-corrected chi connectivity index (χ2v) is 8.97. The minimum atomic E-state index is 0.251. The maximum absolute atomic E-state index is 12.9. The van der Waals surface area contributed by atoms with Crippen molar-refractivity contribution in [2.24, 2.45) is 0 Å². The van der Waals surface area contributed by atoms with Gasteiger partial charge in [0.05, 0.1) is 18.9 Å². The van der Waals surface area contributed by atoms with Crippen LogP contribution < -0.4 is 0 Å². The third-order valence-electron chi connectivity index (χ3n) is 6.69. The molecule has 0 spiro atoms. The van der Waals surface area contributed by atoms with Gasteiger partial charge in [-0.25, -0.2) is 0 Å². The number of hydrogen-bond acceptors (Lipinski definition) is 4. The molecule has 2 aliphatic heterocycles. The van der Waals surface area contributed by atoms with E-state index in [2.05, 4.69) is 48.6 Å². The lowest BCUT2D eigenvalue weighted by molar-refractivity contribution is -0.133. The van der Waals surface area contributed by atoms with E-state index in [0.29, 0.717) is 19.4 Å². The zero-order chi connectivity index (χ0) is 21.8. The predicted octanol–water partition coefficient (Wildman–Crippen LogP) is 3.26. The lowest BCUT2D eigenvalue weighted by Gasteiger charge is -2.35. The van der Waals surface area contributed by atoms with Gasteiger partial charge >= 0.3 is 0 Å². The van der Waals surface area contributed by atoms with E-state index in [0.717, 1.165) is 64.4 Å². The van der Waals surface area contributed by atoms with E-state index >= 15 is 0 Å². The van der Waals surface area contributed by atoms with Crippen LogP contribution in [-0.4, -0.2) is 58.3 Å². The summed E-state index contributed by atoms with van der Waals surface area (Å²) in [5.41, 5.74) is 7.65. The van der Waals surface area contributed by atoms with E-state index in [9.17, 15) is 4.79 Å². The SMILES string of the molecule is CCCn1nc(CCC(=O)N2CCN(Cc3ccc(C)c(C)c3)CC2)c2c1CCOC2. The molecule has 0 aliphatic carbocycles. The quantitative estimate of drug-likeness (QED) is 0.685. The highest BCUT2D eigenvalue weighted by Crippen LogP contribution is 2.23. The van der Waals surface area contributed by atoms with Crippen LogP contribution in [0.3, 0.4) is 0 Å². The van der Waals surface area contributed by atoms with Crippen molar-refractivity contribution >= 4 is 5.91 Å². The van der Waals surface area contributed by atoms with E-state index in [1.165, 1.54) is 27.9 Å². The number of ether oxygens (including phenoxy) is 1. The normalized spacial score (nSPS) is 17.1. The van der Waals surface area contributed by atoms with Crippen LogP contribution in [-0.2, 0) is 42.1 Å². The van der Waals surface area contributed by atoms with Crippen molar-refractivity contribution < 1.29 is 9.53 Å². The number of benzene rings is 1. The first-order valence-electron chi connectivity index (χ1n) is 11.8. The Morgan fingerprint density at radius 2 is 1.94 bits per heavy atom. The van der Waals surface area contributed by atoms with Gasteiger partial charge in [-0.1, -0.05) is 25.1 Å². The highest BCUT2D eigenvalue weighted by atomic mass is 16.5. The molecule has 1 aromatic heterocycles. The summed E-state index contributed by atoms with van der Waals surface area (Å²) >= 11 is 0. The van der Waals surface area contributed by atoms with Crippen LogP contribution in [0.25, 0.3) is 0 Å². The second kappa shape index (κ2) is 9.96. The van der Waals surface area contributed by atoms with Gasteiger partial charge in [-0.15, -0.1) is 0 Å². The molecule has 0 bridgehead atoms. The maximum atomic E-state index is 12.9. The third-order valence-corrected chi connectivity index (χ3v) is 6.69. The van der Waals surface area contributed by atoms with Gasteiger partial charge in [0.15, 0.2) is 0 Å². The first-order valence-corrected chi connectivity index (χ1v) is 11.8. The fraction of sp³-hybridized carbons (Fsp3) is 0.600. The van der Waals surface area contributed by atoms with Crippen LogP contribution in [0.4, 0.5) is 0 Å². The molecule has 6 nitrogen and oxygen atoms in total. The summed E-state index contributed by atoms with van der Waals surface area (Å²) in [6, 6.07) is 6.72. The largest absolute Gasteiger partial charge is 0.376 e. The van der Waals surface area contributed by atoms with E-state index in [1.807, 2.05) is 4.90 Å². The summed E-state index contributed by atoms with van der Waals surface area (Å²) in [5, 5.41) is 4.83. The molecule has 168 valence electrons. The first kappa shape index (κ1) is 22.0. The summed E-state index contributed by atoms with van der Waals surface area (Å²) < 4.78 is 7.81. The molecule has 31 heavy (non-hydrogen) atoms. The molecule has 1 fully saturated rings. The Hall–Kier alpha value is -2.18. The minimum absolute atomic E-state index is 0.251. The van der Waals surface area contributed by atoms with Crippen LogP contribution >= 0.6 is 0 Å². The number of carbonyl (C=O) groups excluding carboxylic acids is 1. The zero-order valence-electron chi connectivity index (χ0n) is 19.3. The Labute approximate surface area is 186 Å². The predicted molar refractivity (Wildman–Crippen MR) is 122 cm³/mol. The Bertz CT molecular complexity index is 912. The molecular weight excluding hydrogens is 388 g/mol. The number of fused-ring (bicyclic) bond motifs is 1. The Morgan fingerprint density at radius 3 is 2.68 bits per heavy atom. The van der Waals surface area contributed by atoms with Gasteiger partial charge in [-0.3, -0.25) is 14.4 Å². The van der Waals surface area contributed by atoms with E-state index in [-0.39, 0.29) is 5.91 Å². The molecule has 1 amide bonds. The van der Waals surface area contributed by atoms with E-state index in [4.69, 9.17) is 9.84 Å². The number of rotatable bonds is 7.